The summed E-state index contributed by atoms with van der Waals surface area (Å²) in [4.78, 5) is 0. The summed E-state index contributed by atoms with van der Waals surface area (Å²) in [6.45, 7) is 0.287. The fourth-order valence-corrected chi connectivity index (χ4v) is 4.72. The van der Waals surface area contributed by atoms with E-state index in [4.69, 9.17) is 23.1 Å². The van der Waals surface area contributed by atoms with Gasteiger partial charge in [0.25, 0.3) is 10.1 Å². The molecule has 0 unspecified atom stereocenters. The molecule has 0 saturated heterocycles. The highest BCUT2D eigenvalue weighted by molar-refractivity contribution is 7.85. The maximum atomic E-state index is 10.9. The molecule has 7 nitrogen and oxygen atoms in total. The van der Waals surface area contributed by atoms with E-state index >= 15 is 0 Å². The smallest absolute Gasteiger partial charge is 0.264 e. The van der Waals surface area contributed by atoms with Crippen LogP contribution in [0.25, 0.3) is 0 Å². The van der Waals surface area contributed by atoms with Crippen molar-refractivity contribution >= 4 is 10.1 Å². The van der Waals surface area contributed by atoms with Crippen molar-refractivity contribution in [1.82, 2.24) is 0 Å². The van der Waals surface area contributed by atoms with Crippen LogP contribution in [0.3, 0.4) is 0 Å². The summed E-state index contributed by atoms with van der Waals surface area (Å²) in [5.74, 6) is 3.25. The van der Waals surface area contributed by atoms with E-state index in [0.717, 1.165) is 62.7 Å². The van der Waals surface area contributed by atoms with Gasteiger partial charge in [-0.2, -0.15) is 8.42 Å². The summed E-state index contributed by atoms with van der Waals surface area (Å²) in [5.41, 5.74) is 2.34. The van der Waals surface area contributed by atoms with Gasteiger partial charge >= 0.3 is 0 Å². The zero-order valence-corrected chi connectivity index (χ0v) is 19.7. The number of hydrogen-bond acceptors (Lipinski definition) is 7. The van der Waals surface area contributed by atoms with Crippen LogP contribution in [0.1, 0.15) is 56.1 Å². The van der Waals surface area contributed by atoms with Crippen LogP contribution in [-0.2, 0) is 27.1 Å². The first-order valence-corrected chi connectivity index (χ1v) is 12.4. The van der Waals surface area contributed by atoms with E-state index in [1.165, 1.54) is 24.0 Å². The van der Waals surface area contributed by atoms with Crippen molar-refractivity contribution in [2.24, 2.45) is 5.92 Å². The van der Waals surface area contributed by atoms with Gasteiger partial charge in [-0.3, -0.25) is 4.18 Å². The zero-order valence-electron chi connectivity index (χ0n) is 18.9. The van der Waals surface area contributed by atoms with Gasteiger partial charge in [0.15, 0.2) is 11.5 Å². The maximum absolute atomic E-state index is 10.9. The molecular formula is C22H36O7S. The Labute approximate surface area is 181 Å². The zero-order chi connectivity index (χ0) is 22.1. The topological polar surface area (TPSA) is 80.3 Å². The first-order valence-electron chi connectivity index (χ1n) is 10.6. The maximum Gasteiger partial charge on any atom is 0.264 e. The van der Waals surface area contributed by atoms with E-state index in [1.54, 1.807) is 28.4 Å². The monoisotopic (exact) mass is 444 g/mol. The normalized spacial score (nSPS) is 13.9. The third-order valence-electron chi connectivity index (χ3n) is 5.64. The number of fused-ring (bicyclic) bond motifs is 1. The summed E-state index contributed by atoms with van der Waals surface area (Å²) >= 11 is 0. The Morgan fingerprint density at radius 3 is 1.57 bits per heavy atom. The van der Waals surface area contributed by atoms with Crippen molar-refractivity contribution < 1.29 is 31.5 Å². The number of unbranched alkanes of at least 4 members (excludes halogenated alkanes) is 5. The molecule has 1 aliphatic carbocycles. The number of benzene rings is 1. The summed E-state index contributed by atoms with van der Waals surface area (Å²) in [6, 6.07) is 0. The average molecular weight is 445 g/mol. The Morgan fingerprint density at radius 2 is 1.13 bits per heavy atom. The largest absolute Gasteiger partial charge is 0.492 e. The van der Waals surface area contributed by atoms with Gasteiger partial charge in [0.2, 0.25) is 11.5 Å². The number of ether oxygens (including phenoxy) is 4. The van der Waals surface area contributed by atoms with Gasteiger partial charge in [0, 0.05) is 11.1 Å². The number of hydrogen-bond donors (Lipinski definition) is 0. The second-order valence-electron chi connectivity index (χ2n) is 7.80. The molecule has 0 spiro atoms. The number of rotatable bonds is 14. The first-order chi connectivity index (χ1) is 14.4. The average Bonchev–Trinajstić information content (AvgIpc) is 3.13. The van der Waals surface area contributed by atoms with Gasteiger partial charge in [-0.05, 0) is 31.6 Å². The lowest BCUT2D eigenvalue weighted by Gasteiger charge is -2.19. The lowest BCUT2D eigenvalue weighted by molar-refractivity contribution is 0.303. The lowest BCUT2D eigenvalue weighted by Crippen LogP contribution is -2.03. The molecule has 0 aliphatic heterocycles. The van der Waals surface area contributed by atoms with E-state index < -0.39 is 10.1 Å². The molecule has 172 valence electrons. The summed E-state index contributed by atoms with van der Waals surface area (Å²) < 4.78 is 49.1. The van der Waals surface area contributed by atoms with Crippen molar-refractivity contribution in [2.45, 2.75) is 57.8 Å². The van der Waals surface area contributed by atoms with Gasteiger partial charge in [-0.1, -0.05) is 32.1 Å². The minimum absolute atomic E-state index is 0.287. The highest BCUT2D eigenvalue weighted by Crippen LogP contribution is 2.53. The van der Waals surface area contributed by atoms with Crippen LogP contribution in [0.5, 0.6) is 23.0 Å². The highest BCUT2D eigenvalue weighted by Gasteiger charge is 2.33. The van der Waals surface area contributed by atoms with E-state index in [2.05, 4.69) is 0 Å². The van der Waals surface area contributed by atoms with Gasteiger partial charge < -0.3 is 18.9 Å². The molecule has 1 aromatic rings. The summed E-state index contributed by atoms with van der Waals surface area (Å²) in [7, 11) is 3.25. The van der Waals surface area contributed by atoms with Gasteiger partial charge in [0.05, 0.1) is 41.3 Å². The van der Waals surface area contributed by atoms with Crippen LogP contribution in [-0.4, -0.2) is 49.7 Å². The van der Waals surface area contributed by atoms with E-state index in [9.17, 15) is 8.42 Å². The fourth-order valence-electron chi connectivity index (χ4n) is 4.29. The van der Waals surface area contributed by atoms with Crippen LogP contribution in [0, 0.1) is 5.92 Å². The predicted molar refractivity (Wildman–Crippen MR) is 117 cm³/mol. The van der Waals surface area contributed by atoms with Crippen molar-refractivity contribution in [3.05, 3.63) is 11.1 Å². The Balaban J connectivity index is 1.82. The second kappa shape index (κ2) is 11.6. The molecule has 0 radical (unpaired) electrons. The molecule has 2 rings (SSSR count). The molecule has 0 amide bonds. The minimum atomic E-state index is -3.31. The van der Waals surface area contributed by atoms with E-state index in [-0.39, 0.29) is 6.61 Å². The van der Waals surface area contributed by atoms with E-state index in [1.807, 2.05) is 0 Å². The SMILES string of the molecule is COc1c2c(c(OC)c(OC)c1OC)CC(CCCCCCCCOS(C)(=O)=O)C2. The Kier molecular flexibility index (Phi) is 9.55. The molecule has 0 aromatic heterocycles. The van der Waals surface area contributed by atoms with Crippen LogP contribution in [0.15, 0.2) is 0 Å². The summed E-state index contributed by atoms with van der Waals surface area (Å²) in [5, 5.41) is 0. The van der Waals surface area contributed by atoms with Crippen molar-refractivity contribution in [3.63, 3.8) is 0 Å². The van der Waals surface area contributed by atoms with Crippen LogP contribution in [0.4, 0.5) is 0 Å². The third-order valence-corrected chi connectivity index (χ3v) is 6.23. The second-order valence-corrected chi connectivity index (χ2v) is 9.44. The number of methoxy groups -OCH3 is 4. The molecule has 30 heavy (non-hydrogen) atoms. The third kappa shape index (κ3) is 6.41. The highest BCUT2D eigenvalue weighted by atomic mass is 32.2. The molecule has 1 aromatic carbocycles. The van der Waals surface area contributed by atoms with Crippen molar-refractivity contribution in [2.75, 3.05) is 41.3 Å². The molecular weight excluding hydrogens is 408 g/mol. The predicted octanol–water partition coefficient (Wildman–Crippen LogP) is 4.14. The fraction of sp³-hybridized carbons (Fsp3) is 0.727. The van der Waals surface area contributed by atoms with Gasteiger partial charge in [-0.25, -0.2) is 0 Å². The molecule has 0 heterocycles. The molecule has 0 atom stereocenters. The van der Waals surface area contributed by atoms with Crippen molar-refractivity contribution in [3.8, 4) is 23.0 Å². The van der Waals surface area contributed by atoms with Crippen LogP contribution >= 0.6 is 0 Å². The van der Waals surface area contributed by atoms with E-state index in [0.29, 0.717) is 17.4 Å². The standard InChI is InChI=1S/C22H36O7S/c1-25-19-17-14-16(12-10-8-6-7-9-11-13-29-30(5,23)24)15-18(17)20(26-2)22(28-4)21(19)27-3/h16H,6-15H2,1-5H3. The van der Waals surface area contributed by atoms with Gasteiger partial charge in [-0.15, -0.1) is 0 Å². The lowest BCUT2D eigenvalue weighted by atomic mass is 9.97. The van der Waals surface area contributed by atoms with Crippen molar-refractivity contribution in [1.29, 1.82) is 0 Å². The molecule has 0 N–H and O–H groups in total. The Hall–Kier alpha value is -1.67. The molecule has 0 saturated carbocycles. The summed E-state index contributed by atoms with van der Waals surface area (Å²) in [6.07, 6.45) is 10.6. The van der Waals surface area contributed by atoms with Gasteiger partial charge in [0.1, 0.15) is 0 Å². The first kappa shape index (κ1) is 24.6. The molecule has 1 aliphatic rings. The quantitative estimate of drug-likeness (QED) is 0.315. The molecule has 0 fully saturated rings. The molecule has 0 bridgehead atoms. The molecule has 8 heteroatoms. The Morgan fingerprint density at radius 1 is 0.700 bits per heavy atom. The Bertz CT molecular complexity index is 748. The van der Waals surface area contributed by atoms with Crippen LogP contribution in [0.2, 0.25) is 0 Å². The minimum Gasteiger partial charge on any atom is -0.492 e. The van der Waals surface area contributed by atoms with Crippen LogP contribution < -0.4 is 18.9 Å².